The minimum atomic E-state index is -4.65. The van der Waals surface area contributed by atoms with Crippen molar-refractivity contribution in [2.75, 3.05) is 5.73 Å². The maximum atomic E-state index is 13.8. The number of hydrogen-bond donors (Lipinski definition) is 1. The predicted octanol–water partition coefficient (Wildman–Crippen LogP) is 4.11. The first-order valence-electron chi connectivity index (χ1n) is 7.68. The Morgan fingerprint density at radius 1 is 1.04 bits per heavy atom. The van der Waals surface area contributed by atoms with Gasteiger partial charge >= 0.3 is 6.18 Å². The Morgan fingerprint density at radius 2 is 1.77 bits per heavy atom. The first kappa shape index (κ1) is 17.7. The highest BCUT2D eigenvalue weighted by molar-refractivity contribution is 5.68. The van der Waals surface area contributed by atoms with E-state index in [9.17, 15) is 13.2 Å². The van der Waals surface area contributed by atoms with Crippen molar-refractivity contribution in [2.24, 2.45) is 0 Å². The number of anilines is 1. The lowest BCUT2D eigenvalue weighted by Gasteiger charge is -2.24. The van der Waals surface area contributed by atoms with Crippen LogP contribution in [0, 0.1) is 6.92 Å². The van der Waals surface area contributed by atoms with E-state index in [-0.39, 0.29) is 17.4 Å². The third-order valence-electron chi connectivity index (χ3n) is 3.64. The lowest BCUT2D eigenvalue weighted by Crippen LogP contribution is -2.27. The summed E-state index contributed by atoms with van der Waals surface area (Å²) in [6.45, 7) is 1.77. The van der Waals surface area contributed by atoms with Crippen molar-refractivity contribution in [3.63, 3.8) is 0 Å². The number of nitrogen functional groups attached to an aromatic ring is 1. The number of nitrogens with two attached hydrogens (primary N) is 1. The molecule has 134 valence electrons. The van der Waals surface area contributed by atoms with Crippen LogP contribution in [-0.4, -0.2) is 21.1 Å². The highest BCUT2D eigenvalue weighted by Gasteiger charge is 2.44. The van der Waals surface area contributed by atoms with E-state index in [0.29, 0.717) is 16.8 Å². The Balaban J connectivity index is 2.08. The van der Waals surface area contributed by atoms with E-state index in [1.807, 2.05) is 0 Å². The molecular weight excluding hydrogens is 345 g/mol. The molecule has 1 aromatic carbocycles. The van der Waals surface area contributed by atoms with E-state index in [1.54, 1.807) is 37.4 Å². The van der Waals surface area contributed by atoms with Crippen LogP contribution in [0.1, 0.15) is 17.4 Å². The maximum Gasteiger partial charge on any atom is 0.429 e. The molecule has 5 nitrogen and oxygen atoms in total. The van der Waals surface area contributed by atoms with Gasteiger partial charge in [0.2, 0.25) is 17.9 Å². The van der Waals surface area contributed by atoms with Gasteiger partial charge in [-0.15, -0.1) is 0 Å². The number of nitrogens with zero attached hydrogens (tertiary/aromatic N) is 3. The average molecular weight is 360 g/mol. The smallest absolute Gasteiger partial charge is 0.429 e. The second kappa shape index (κ2) is 6.99. The summed E-state index contributed by atoms with van der Waals surface area (Å²) in [5, 5.41) is 0. The quantitative estimate of drug-likeness (QED) is 0.758. The van der Waals surface area contributed by atoms with Crippen molar-refractivity contribution < 1.29 is 17.9 Å². The number of ether oxygens (including phenoxy) is 1. The third kappa shape index (κ3) is 3.90. The van der Waals surface area contributed by atoms with E-state index >= 15 is 0 Å². The molecule has 0 bridgehead atoms. The molecule has 0 amide bonds. The fraction of sp³-hybridized carbons (Fsp3) is 0.167. The zero-order valence-electron chi connectivity index (χ0n) is 13.7. The molecule has 0 aliphatic heterocycles. The molecule has 8 heteroatoms. The molecule has 1 unspecified atom stereocenters. The van der Waals surface area contributed by atoms with Crippen LogP contribution >= 0.6 is 0 Å². The van der Waals surface area contributed by atoms with E-state index in [0.717, 1.165) is 0 Å². The Hall–Kier alpha value is -3.16. The number of pyridine rings is 1. The minimum absolute atomic E-state index is 0.0252. The minimum Gasteiger partial charge on any atom is -0.460 e. The number of hydrogen-bond acceptors (Lipinski definition) is 5. The van der Waals surface area contributed by atoms with Gasteiger partial charge in [-0.25, -0.2) is 4.98 Å². The van der Waals surface area contributed by atoms with Crippen LogP contribution in [0.25, 0.3) is 11.1 Å². The number of halogens is 3. The summed E-state index contributed by atoms with van der Waals surface area (Å²) in [4.78, 5) is 11.4. The van der Waals surface area contributed by atoms with Gasteiger partial charge in [-0.2, -0.15) is 18.2 Å². The molecule has 0 saturated carbocycles. The summed E-state index contributed by atoms with van der Waals surface area (Å²) in [5.41, 5.74) is 7.13. The van der Waals surface area contributed by atoms with Gasteiger partial charge in [-0.1, -0.05) is 24.3 Å². The SMILES string of the molecule is Cc1cc(-c2ccccc2C(Oc2ccnc(N)n2)C(F)(F)F)ccn1. The zero-order chi connectivity index (χ0) is 18.7. The number of alkyl halides is 3. The van der Waals surface area contributed by atoms with Gasteiger partial charge in [-0.05, 0) is 30.2 Å². The highest BCUT2D eigenvalue weighted by atomic mass is 19.4. The van der Waals surface area contributed by atoms with Gasteiger partial charge in [0.25, 0.3) is 0 Å². The lowest BCUT2D eigenvalue weighted by molar-refractivity contribution is -0.198. The first-order chi connectivity index (χ1) is 12.3. The number of rotatable bonds is 4. The second-order valence-corrected chi connectivity index (χ2v) is 5.57. The Kier molecular flexibility index (Phi) is 4.75. The maximum absolute atomic E-state index is 13.8. The molecule has 2 heterocycles. The molecule has 26 heavy (non-hydrogen) atoms. The van der Waals surface area contributed by atoms with Crippen LogP contribution in [0.5, 0.6) is 5.88 Å². The standard InChI is InChI=1S/C18H15F3N4O/c1-11-10-12(6-8-23-11)13-4-2-3-5-14(13)16(18(19,20)21)26-15-7-9-24-17(22)25-15/h2-10,16H,1H3,(H2,22,24,25). The van der Waals surface area contributed by atoms with E-state index < -0.39 is 12.3 Å². The van der Waals surface area contributed by atoms with E-state index in [4.69, 9.17) is 10.5 Å². The highest BCUT2D eigenvalue weighted by Crippen LogP contribution is 2.40. The molecule has 1 atom stereocenters. The fourth-order valence-electron chi connectivity index (χ4n) is 2.55. The lowest BCUT2D eigenvalue weighted by atomic mass is 9.96. The molecule has 0 radical (unpaired) electrons. The van der Waals surface area contributed by atoms with Gasteiger partial charge < -0.3 is 10.5 Å². The summed E-state index contributed by atoms with van der Waals surface area (Å²) in [6, 6.07) is 10.8. The van der Waals surface area contributed by atoms with Crippen molar-refractivity contribution in [2.45, 2.75) is 19.2 Å². The summed E-state index contributed by atoms with van der Waals surface area (Å²) >= 11 is 0. The molecule has 2 aromatic heterocycles. The van der Waals surface area contributed by atoms with Gasteiger partial charge in [0.1, 0.15) is 0 Å². The molecule has 0 aliphatic rings. The molecule has 2 N–H and O–H groups in total. The Labute approximate surface area is 147 Å². The van der Waals surface area contributed by atoms with Gasteiger partial charge in [-0.3, -0.25) is 4.98 Å². The average Bonchev–Trinajstić information content (AvgIpc) is 2.59. The second-order valence-electron chi connectivity index (χ2n) is 5.57. The van der Waals surface area contributed by atoms with Crippen LogP contribution in [-0.2, 0) is 0 Å². The third-order valence-corrected chi connectivity index (χ3v) is 3.64. The van der Waals surface area contributed by atoms with Crippen molar-refractivity contribution in [1.29, 1.82) is 0 Å². The summed E-state index contributed by atoms with van der Waals surface area (Å²) < 4.78 is 46.4. The molecular formula is C18H15F3N4O. The number of aryl methyl sites for hydroxylation is 1. The van der Waals surface area contributed by atoms with Crippen molar-refractivity contribution in [3.05, 3.63) is 66.1 Å². The molecule has 3 aromatic rings. The Morgan fingerprint density at radius 3 is 2.46 bits per heavy atom. The molecule has 0 fully saturated rings. The molecule has 0 saturated heterocycles. The normalized spacial score (nSPS) is 12.6. The number of benzene rings is 1. The van der Waals surface area contributed by atoms with Crippen molar-refractivity contribution >= 4 is 5.95 Å². The van der Waals surface area contributed by atoms with Crippen molar-refractivity contribution in [3.8, 4) is 17.0 Å². The van der Waals surface area contributed by atoms with Gasteiger partial charge in [0.15, 0.2) is 0 Å². The summed E-state index contributed by atoms with van der Waals surface area (Å²) in [7, 11) is 0. The predicted molar refractivity (Wildman–Crippen MR) is 90.3 cm³/mol. The zero-order valence-corrected chi connectivity index (χ0v) is 13.7. The molecule has 0 aliphatic carbocycles. The van der Waals surface area contributed by atoms with Crippen LogP contribution in [0.2, 0.25) is 0 Å². The molecule has 0 spiro atoms. The monoisotopic (exact) mass is 360 g/mol. The molecule has 3 rings (SSSR count). The van der Waals surface area contributed by atoms with Gasteiger partial charge in [0, 0.05) is 29.7 Å². The van der Waals surface area contributed by atoms with Crippen LogP contribution in [0.3, 0.4) is 0 Å². The topological polar surface area (TPSA) is 73.9 Å². The van der Waals surface area contributed by atoms with Crippen LogP contribution < -0.4 is 10.5 Å². The van der Waals surface area contributed by atoms with Crippen molar-refractivity contribution in [1.82, 2.24) is 15.0 Å². The van der Waals surface area contributed by atoms with Gasteiger partial charge in [0.05, 0.1) is 0 Å². The fourth-order valence-corrected chi connectivity index (χ4v) is 2.55. The van der Waals surface area contributed by atoms with E-state index in [2.05, 4.69) is 15.0 Å². The largest absolute Gasteiger partial charge is 0.460 e. The van der Waals surface area contributed by atoms with E-state index in [1.165, 1.54) is 24.4 Å². The van der Waals surface area contributed by atoms with Crippen LogP contribution in [0.15, 0.2) is 54.9 Å². The first-order valence-corrected chi connectivity index (χ1v) is 7.68. The van der Waals surface area contributed by atoms with Crippen LogP contribution in [0.4, 0.5) is 19.1 Å². The summed E-state index contributed by atoms with van der Waals surface area (Å²) in [6.07, 6.45) is -4.07. The summed E-state index contributed by atoms with van der Waals surface area (Å²) in [5.74, 6) is -0.415. The Bertz CT molecular complexity index is 915. The number of aromatic nitrogens is 3.